The van der Waals surface area contributed by atoms with Crippen LogP contribution in [0.15, 0.2) is 6.07 Å². The van der Waals surface area contributed by atoms with Crippen molar-refractivity contribution in [3.05, 3.63) is 17.3 Å². The van der Waals surface area contributed by atoms with Gasteiger partial charge in [0.15, 0.2) is 5.65 Å². The third kappa shape index (κ3) is 3.92. The molecule has 0 bridgehead atoms. The number of halogens is 3. The summed E-state index contributed by atoms with van der Waals surface area (Å²) >= 11 is 0. The molecule has 2 aromatic heterocycles. The van der Waals surface area contributed by atoms with E-state index in [0.29, 0.717) is 36.9 Å². The summed E-state index contributed by atoms with van der Waals surface area (Å²) < 4.78 is 37.3. The smallest absolute Gasteiger partial charge is 0.383 e. The van der Waals surface area contributed by atoms with E-state index in [1.807, 2.05) is 19.9 Å². The summed E-state index contributed by atoms with van der Waals surface area (Å²) in [6.07, 6.45) is -3.37. The predicted molar refractivity (Wildman–Crippen MR) is 90.3 cm³/mol. The monoisotopic (exact) mass is 354 g/mol. The van der Waals surface area contributed by atoms with E-state index in [2.05, 4.69) is 20.3 Å². The first-order chi connectivity index (χ1) is 11.7. The van der Waals surface area contributed by atoms with Gasteiger partial charge in [-0.3, -0.25) is 0 Å². The van der Waals surface area contributed by atoms with Gasteiger partial charge in [0.2, 0.25) is 5.95 Å². The summed E-state index contributed by atoms with van der Waals surface area (Å²) in [5, 5.41) is 3.82. The number of anilines is 2. The van der Waals surface area contributed by atoms with E-state index in [1.54, 1.807) is 4.90 Å². The topological polar surface area (TPSA) is 80.0 Å². The second-order valence-electron chi connectivity index (χ2n) is 6.49. The zero-order chi connectivity index (χ0) is 18.2. The van der Waals surface area contributed by atoms with Crippen LogP contribution in [0.2, 0.25) is 0 Å². The summed E-state index contributed by atoms with van der Waals surface area (Å²) in [5.41, 5.74) is 8.37. The number of hydrogen-bond donors (Lipinski definition) is 2. The second-order valence-corrected chi connectivity index (χ2v) is 6.49. The van der Waals surface area contributed by atoms with Crippen molar-refractivity contribution in [2.24, 2.45) is 5.92 Å². The lowest BCUT2D eigenvalue weighted by Crippen LogP contribution is -2.53. The summed E-state index contributed by atoms with van der Waals surface area (Å²) in [4.78, 5) is 14.8. The third-order valence-electron chi connectivity index (χ3n) is 4.37. The number of pyridine rings is 1. The van der Waals surface area contributed by atoms with Crippen LogP contribution in [0, 0.1) is 19.8 Å². The van der Waals surface area contributed by atoms with Crippen molar-refractivity contribution in [2.75, 3.05) is 37.2 Å². The Kier molecular flexibility index (Phi) is 4.68. The third-order valence-corrected chi connectivity index (χ3v) is 4.37. The van der Waals surface area contributed by atoms with Crippen LogP contribution in [0.4, 0.5) is 24.9 Å². The van der Waals surface area contributed by atoms with Gasteiger partial charge in [-0.25, -0.2) is 4.98 Å². The molecule has 0 aromatic carbocycles. The molecule has 0 saturated carbocycles. The molecule has 1 saturated heterocycles. The maximum atomic E-state index is 12.4. The van der Waals surface area contributed by atoms with Crippen molar-refractivity contribution >= 4 is 22.8 Å². The fraction of sp³-hybridized carbons (Fsp3) is 0.562. The number of aromatic nitrogens is 3. The van der Waals surface area contributed by atoms with Gasteiger partial charge in [-0.15, -0.1) is 0 Å². The zero-order valence-corrected chi connectivity index (χ0v) is 14.2. The van der Waals surface area contributed by atoms with Gasteiger partial charge < -0.3 is 16.0 Å². The van der Waals surface area contributed by atoms with E-state index < -0.39 is 12.1 Å². The van der Waals surface area contributed by atoms with E-state index >= 15 is 0 Å². The molecule has 0 atom stereocenters. The van der Waals surface area contributed by atoms with Gasteiger partial charge in [-0.1, -0.05) is 0 Å². The van der Waals surface area contributed by atoms with Gasteiger partial charge in [0.25, 0.3) is 0 Å². The van der Waals surface area contributed by atoms with Crippen LogP contribution < -0.4 is 11.1 Å². The van der Waals surface area contributed by atoms with Crippen molar-refractivity contribution in [1.82, 2.24) is 19.9 Å². The first kappa shape index (κ1) is 17.7. The Labute approximate surface area is 143 Å². The number of nitrogens with one attached hydrogen (secondary N) is 1. The maximum Gasteiger partial charge on any atom is 0.394 e. The Hall–Kier alpha value is -2.16. The Morgan fingerprint density at radius 1 is 1.24 bits per heavy atom. The van der Waals surface area contributed by atoms with E-state index in [1.165, 1.54) is 0 Å². The molecule has 136 valence electrons. The molecule has 0 radical (unpaired) electrons. The fourth-order valence-corrected chi connectivity index (χ4v) is 3.05. The van der Waals surface area contributed by atoms with Crippen molar-refractivity contribution in [3.63, 3.8) is 0 Å². The zero-order valence-electron chi connectivity index (χ0n) is 14.2. The van der Waals surface area contributed by atoms with Gasteiger partial charge in [-0.05, 0) is 38.4 Å². The molecule has 2 aromatic rings. The van der Waals surface area contributed by atoms with Gasteiger partial charge >= 0.3 is 6.18 Å². The lowest BCUT2D eigenvalue weighted by atomic mass is 9.99. The van der Waals surface area contributed by atoms with Crippen LogP contribution in [0.3, 0.4) is 0 Å². The molecular formula is C16H21F3N6. The number of fused-ring (bicyclic) bond motifs is 1. The molecule has 1 fully saturated rings. The summed E-state index contributed by atoms with van der Waals surface area (Å²) in [6, 6.07) is 1.93. The van der Waals surface area contributed by atoms with Gasteiger partial charge in [0, 0.05) is 25.3 Å². The number of alkyl halides is 3. The molecular weight excluding hydrogens is 333 g/mol. The minimum atomic E-state index is -4.07. The lowest BCUT2D eigenvalue weighted by molar-refractivity contribution is -0.208. The standard InChI is InChI=1S/C16H21F3N6/c1-9-6-10(2)22-14-12(9)13(20)23-15(24-14)21-4-3-5-25-7-11(8-25)16(17,18)19/h6,11H,3-5,7-8H2,1-2H3,(H3,20,21,22,23,24). The number of aryl methyl sites for hydroxylation is 2. The Balaban J connectivity index is 1.53. The Morgan fingerprint density at radius 2 is 1.96 bits per heavy atom. The molecule has 1 aliphatic rings. The number of nitrogens with two attached hydrogens (primary N) is 1. The van der Waals surface area contributed by atoms with Crippen LogP contribution in [-0.2, 0) is 0 Å². The molecule has 3 rings (SSSR count). The van der Waals surface area contributed by atoms with Gasteiger partial charge in [-0.2, -0.15) is 23.1 Å². The molecule has 3 N–H and O–H groups in total. The van der Waals surface area contributed by atoms with Gasteiger partial charge in [0.1, 0.15) is 5.82 Å². The highest BCUT2D eigenvalue weighted by Crippen LogP contribution is 2.33. The largest absolute Gasteiger partial charge is 0.394 e. The van der Waals surface area contributed by atoms with Crippen molar-refractivity contribution in [1.29, 1.82) is 0 Å². The minimum absolute atomic E-state index is 0.0887. The van der Waals surface area contributed by atoms with E-state index in [9.17, 15) is 13.2 Å². The highest BCUT2D eigenvalue weighted by Gasteiger charge is 2.46. The SMILES string of the molecule is Cc1cc(C)c2c(N)nc(NCCCN3CC(C(F)(F)F)C3)nc2n1. The van der Waals surface area contributed by atoms with Crippen molar-refractivity contribution < 1.29 is 13.2 Å². The van der Waals surface area contributed by atoms with E-state index in [0.717, 1.165) is 16.6 Å². The molecule has 1 aliphatic heterocycles. The average molecular weight is 354 g/mol. The molecule has 9 heteroatoms. The van der Waals surface area contributed by atoms with Crippen LogP contribution in [-0.4, -0.2) is 52.2 Å². The molecule has 0 unspecified atom stereocenters. The highest BCUT2D eigenvalue weighted by molar-refractivity contribution is 5.89. The van der Waals surface area contributed by atoms with Crippen LogP contribution in [0.5, 0.6) is 0 Å². The second kappa shape index (κ2) is 6.62. The lowest BCUT2D eigenvalue weighted by Gasteiger charge is -2.40. The van der Waals surface area contributed by atoms with Crippen LogP contribution >= 0.6 is 0 Å². The minimum Gasteiger partial charge on any atom is -0.383 e. The predicted octanol–water partition coefficient (Wildman–Crippen LogP) is 2.52. The van der Waals surface area contributed by atoms with Crippen LogP contribution in [0.1, 0.15) is 17.7 Å². The molecule has 0 aliphatic carbocycles. The average Bonchev–Trinajstić information content (AvgIpc) is 2.42. The summed E-state index contributed by atoms with van der Waals surface area (Å²) in [7, 11) is 0. The summed E-state index contributed by atoms with van der Waals surface area (Å²) in [6.45, 7) is 5.17. The van der Waals surface area contributed by atoms with E-state index in [4.69, 9.17) is 5.73 Å². The fourth-order valence-electron chi connectivity index (χ4n) is 3.05. The number of nitrogens with zero attached hydrogens (tertiary/aromatic N) is 4. The molecule has 6 nitrogen and oxygen atoms in total. The Bertz CT molecular complexity index is 771. The number of likely N-dealkylation sites (tertiary alicyclic amines) is 1. The number of hydrogen-bond acceptors (Lipinski definition) is 6. The van der Waals surface area contributed by atoms with Crippen molar-refractivity contribution in [2.45, 2.75) is 26.4 Å². The molecule has 0 spiro atoms. The van der Waals surface area contributed by atoms with E-state index in [-0.39, 0.29) is 13.1 Å². The Morgan fingerprint density at radius 3 is 2.64 bits per heavy atom. The number of nitrogen functional groups attached to an aromatic ring is 1. The molecule has 3 heterocycles. The van der Waals surface area contributed by atoms with Crippen molar-refractivity contribution in [3.8, 4) is 0 Å². The van der Waals surface area contributed by atoms with Crippen LogP contribution in [0.25, 0.3) is 11.0 Å². The summed E-state index contributed by atoms with van der Waals surface area (Å²) in [5.74, 6) is -0.422. The first-order valence-corrected chi connectivity index (χ1v) is 8.18. The molecule has 25 heavy (non-hydrogen) atoms. The first-order valence-electron chi connectivity index (χ1n) is 8.18. The number of rotatable bonds is 5. The molecule has 0 amide bonds. The normalized spacial score (nSPS) is 16.2. The maximum absolute atomic E-state index is 12.4. The highest BCUT2D eigenvalue weighted by atomic mass is 19.4. The van der Waals surface area contributed by atoms with Gasteiger partial charge in [0.05, 0.1) is 11.3 Å². The quantitative estimate of drug-likeness (QED) is 0.803.